The third-order valence-corrected chi connectivity index (χ3v) is 3.69. The summed E-state index contributed by atoms with van der Waals surface area (Å²) >= 11 is 0. The van der Waals surface area contributed by atoms with Gasteiger partial charge in [0.25, 0.3) is 0 Å². The average Bonchev–Trinajstić information content (AvgIpc) is 2.49. The first-order chi connectivity index (χ1) is 9.36. The summed E-state index contributed by atoms with van der Waals surface area (Å²) in [5, 5.41) is 9.28. The number of allylic oxidation sites excluding steroid dienone is 1. The molecule has 1 unspecified atom stereocenters. The molecule has 0 aromatic heterocycles. The van der Waals surface area contributed by atoms with Gasteiger partial charge in [0.15, 0.2) is 0 Å². The van der Waals surface area contributed by atoms with Gasteiger partial charge in [-0.15, -0.1) is 0 Å². The lowest BCUT2D eigenvalue weighted by Gasteiger charge is -2.19. The first-order valence-corrected chi connectivity index (χ1v) is 7.11. The second-order valence-corrected chi connectivity index (χ2v) is 4.94. The highest BCUT2D eigenvalue weighted by Gasteiger charge is 2.15. The van der Waals surface area contributed by atoms with Crippen molar-refractivity contribution in [3.8, 4) is 16.9 Å². The quantitative estimate of drug-likeness (QED) is 0.635. The van der Waals surface area contributed by atoms with E-state index in [4.69, 9.17) is 9.63 Å². The van der Waals surface area contributed by atoms with Crippen LogP contribution < -0.4 is 9.83 Å². The van der Waals surface area contributed by atoms with Crippen LogP contribution in [0.5, 0.6) is 5.75 Å². The molecule has 1 N–H and O–H groups in total. The van der Waals surface area contributed by atoms with E-state index in [1.807, 2.05) is 25.1 Å². The van der Waals surface area contributed by atoms with Crippen molar-refractivity contribution in [1.29, 1.82) is 0 Å². The molecule has 0 amide bonds. The molecular formula is C16H17O2P. The minimum atomic E-state index is 0.163. The van der Waals surface area contributed by atoms with Gasteiger partial charge in [0.05, 0.1) is 6.61 Å². The summed E-state index contributed by atoms with van der Waals surface area (Å²) in [7, 11) is 0.440. The summed E-state index contributed by atoms with van der Waals surface area (Å²) in [5.74, 6) is 1.00. The number of aliphatic hydroxyl groups is 1. The SMILES string of the molecule is CC=CCO.c1ccc2c(c1)OPc1ccccc1-2. The van der Waals surface area contributed by atoms with Crippen LogP contribution in [-0.4, -0.2) is 11.7 Å². The van der Waals surface area contributed by atoms with Crippen LogP contribution in [0.4, 0.5) is 0 Å². The molecule has 2 aromatic carbocycles. The highest BCUT2D eigenvalue weighted by molar-refractivity contribution is 7.43. The Kier molecular flexibility index (Phi) is 5.14. The van der Waals surface area contributed by atoms with Crippen molar-refractivity contribution in [2.24, 2.45) is 0 Å². The van der Waals surface area contributed by atoms with Crippen LogP contribution in [0.15, 0.2) is 60.7 Å². The molecule has 0 radical (unpaired) electrons. The number of benzene rings is 2. The Morgan fingerprint density at radius 2 is 1.74 bits per heavy atom. The van der Waals surface area contributed by atoms with E-state index in [9.17, 15) is 0 Å². The number of rotatable bonds is 1. The number of para-hydroxylation sites is 1. The zero-order chi connectivity index (χ0) is 13.5. The highest BCUT2D eigenvalue weighted by Crippen LogP contribution is 2.38. The Morgan fingerprint density at radius 1 is 1.05 bits per heavy atom. The third kappa shape index (κ3) is 3.44. The Labute approximate surface area is 115 Å². The zero-order valence-electron chi connectivity index (χ0n) is 10.8. The molecule has 0 fully saturated rings. The number of fused-ring (bicyclic) bond motifs is 3. The Morgan fingerprint density at radius 3 is 2.42 bits per heavy atom. The Hall–Kier alpha value is -1.63. The maximum atomic E-state index is 7.98. The minimum absolute atomic E-state index is 0.163. The van der Waals surface area contributed by atoms with Crippen LogP contribution in [0, 0.1) is 0 Å². The summed E-state index contributed by atoms with van der Waals surface area (Å²) in [5.41, 5.74) is 2.52. The molecule has 0 saturated carbocycles. The normalized spacial score (nSPS) is 13.2. The van der Waals surface area contributed by atoms with E-state index in [1.54, 1.807) is 12.2 Å². The maximum Gasteiger partial charge on any atom is 0.131 e. The predicted octanol–water partition coefficient (Wildman–Crippen LogP) is 3.52. The van der Waals surface area contributed by atoms with Crippen molar-refractivity contribution in [2.75, 3.05) is 6.61 Å². The summed E-state index contributed by atoms with van der Waals surface area (Å²) in [6.07, 6.45) is 3.49. The van der Waals surface area contributed by atoms with Crippen LogP contribution in [0.25, 0.3) is 11.1 Å². The smallest absolute Gasteiger partial charge is 0.131 e. The molecule has 0 aliphatic carbocycles. The molecule has 19 heavy (non-hydrogen) atoms. The fraction of sp³-hybridized carbons (Fsp3) is 0.125. The molecule has 1 atom stereocenters. The molecule has 0 saturated heterocycles. The number of hydrogen-bond donors (Lipinski definition) is 1. The molecule has 0 bridgehead atoms. The summed E-state index contributed by atoms with van der Waals surface area (Å²) < 4.78 is 5.68. The molecule has 2 aromatic rings. The van der Waals surface area contributed by atoms with Gasteiger partial charge in [-0.2, -0.15) is 0 Å². The lowest BCUT2D eigenvalue weighted by atomic mass is 10.0. The standard InChI is InChI=1S/C12H9OP.C4H8O/c1-3-7-11-9(5-1)10-6-2-4-8-12(10)14-13-11;1-2-3-4-5/h1-8,14H;2-3,5H,4H2,1H3. The minimum Gasteiger partial charge on any atom is -0.472 e. The molecule has 1 heterocycles. The predicted molar refractivity (Wildman–Crippen MR) is 82.4 cm³/mol. The topological polar surface area (TPSA) is 29.5 Å². The molecule has 1 aliphatic heterocycles. The zero-order valence-corrected chi connectivity index (χ0v) is 11.8. The van der Waals surface area contributed by atoms with Gasteiger partial charge in [-0.05, 0) is 18.6 Å². The molecule has 2 nitrogen and oxygen atoms in total. The molecular weight excluding hydrogens is 255 g/mol. The first-order valence-electron chi connectivity index (χ1n) is 6.20. The van der Waals surface area contributed by atoms with Gasteiger partial charge in [-0.1, -0.05) is 54.6 Å². The molecule has 98 valence electrons. The molecule has 3 rings (SSSR count). The van der Waals surface area contributed by atoms with Gasteiger partial charge >= 0.3 is 0 Å². The van der Waals surface area contributed by atoms with Crippen molar-refractivity contribution in [3.63, 3.8) is 0 Å². The fourth-order valence-electron chi connectivity index (χ4n) is 1.80. The summed E-state index contributed by atoms with van der Waals surface area (Å²) in [6, 6.07) is 16.6. The van der Waals surface area contributed by atoms with Gasteiger partial charge in [0, 0.05) is 10.9 Å². The molecule has 0 spiro atoms. The highest BCUT2D eigenvalue weighted by atomic mass is 31.1. The molecule has 3 heteroatoms. The van der Waals surface area contributed by atoms with Gasteiger partial charge in [0.1, 0.15) is 14.6 Å². The largest absolute Gasteiger partial charge is 0.472 e. The number of hydrogen-bond acceptors (Lipinski definition) is 2. The van der Waals surface area contributed by atoms with Crippen molar-refractivity contribution in [1.82, 2.24) is 0 Å². The maximum absolute atomic E-state index is 7.98. The van der Waals surface area contributed by atoms with Crippen molar-refractivity contribution >= 4 is 14.1 Å². The van der Waals surface area contributed by atoms with Crippen molar-refractivity contribution in [2.45, 2.75) is 6.92 Å². The second kappa shape index (κ2) is 7.08. The lowest BCUT2D eigenvalue weighted by molar-refractivity contribution is 0.342. The van der Waals surface area contributed by atoms with E-state index in [2.05, 4.69) is 30.3 Å². The number of aliphatic hydroxyl groups excluding tert-OH is 1. The monoisotopic (exact) mass is 272 g/mol. The summed E-state index contributed by atoms with van der Waals surface area (Å²) in [6.45, 7) is 2.03. The average molecular weight is 272 g/mol. The van der Waals surface area contributed by atoms with E-state index in [0.717, 1.165) is 5.75 Å². The van der Waals surface area contributed by atoms with Crippen molar-refractivity contribution < 1.29 is 9.63 Å². The van der Waals surface area contributed by atoms with E-state index < -0.39 is 0 Å². The van der Waals surface area contributed by atoms with Crippen LogP contribution >= 0.6 is 8.81 Å². The van der Waals surface area contributed by atoms with E-state index in [1.165, 1.54) is 16.4 Å². The van der Waals surface area contributed by atoms with Crippen LogP contribution in [0.3, 0.4) is 0 Å². The van der Waals surface area contributed by atoms with E-state index in [0.29, 0.717) is 8.81 Å². The van der Waals surface area contributed by atoms with E-state index >= 15 is 0 Å². The third-order valence-electron chi connectivity index (χ3n) is 2.72. The van der Waals surface area contributed by atoms with Crippen molar-refractivity contribution in [3.05, 3.63) is 60.7 Å². The van der Waals surface area contributed by atoms with Crippen LogP contribution in [0.1, 0.15) is 6.92 Å². The fourth-order valence-corrected chi connectivity index (χ4v) is 2.69. The van der Waals surface area contributed by atoms with Crippen LogP contribution in [0.2, 0.25) is 0 Å². The summed E-state index contributed by atoms with van der Waals surface area (Å²) in [4.78, 5) is 0. The van der Waals surface area contributed by atoms with Crippen LogP contribution in [-0.2, 0) is 0 Å². The lowest BCUT2D eigenvalue weighted by Crippen LogP contribution is -2.06. The molecule has 1 aliphatic rings. The second-order valence-electron chi connectivity index (χ2n) is 4.00. The van der Waals surface area contributed by atoms with Gasteiger partial charge < -0.3 is 9.63 Å². The Balaban J connectivity index is 0.000000232. The van der Waals surface area contributed by atoms with Gasteiger partial charge in [-0.25, -0.2) is 0 Å². The van der Waals surface area contributed by atoms with Gasteiger partial charge in [0.2, 0.25) is 0 Å². The van der Waals surface area contributed by atoms with E-state index in [-0.39, 0.29) is 6.61 Å². The first kappa shape index (κ1) is 13.8. The van der Waals surface area contributed by atoms with Gasteiger partial charge in [-0.3, -0.25) is 0 Å². The Bertz CT molecular complexity index is 519.